The number of carbonyl (C=O) groups is 3. The molecule has 0 radical (unpaired) electrons. The molecule has 0 saturated heterocycles. The first kappa shape index (κ1) is 17.5. The van der Waals surface area contributed by atoms with Gasteiger partial charge >= 0.3 is 12.1 Å². The monoisotopic (exact) mass is 318 g/mol. The van der Waals surface area contributed by atoms with Gasteiger partial charge in [-0.15, -0.1) is 0 Å². The van der Waals surface area contributed by atoms with Gasteiger partial charge in [0.15, 0.2) is 0 Å². The number of benzene rings is 1. The molecule has 0 aliphatic carbocycles. The minimum Gasteiger partial charge on any atom is -0.481 e. The highest BCUT2D eigenvalue weighted by Crippen LogP contribution is 2.28. The first-order valence-electron chi connectivity index (χ1n) is 6.14. The van der Waals surface area contributed by atoms with Crippen molar-refractivity contribution < 1.29 is 32.7 Å². The number of aliphatic carboxylic acids is 1. The summed E-state index contributed by atoms with van der Waals surface area (Å²) in [5.74, 6) is -2.38. The second kappa shape index (κ2) is 7.43. The standard InChI is InChI=1S/C13H13F3N2O4/c14-13(15,16)9-3-1-8(2-4-9)12(22)18-7-10(19)17-6-5-11(20)21/h1-4H,5-7H2,(H,17,19)(H,18,22)(H,20,21). The number of carboxylic acid groups (broad SMARTS) is 1. The Kier molecular flexibility index (Phi) is 5.90. The van der Waals surface area contributed by atoms with Crippen LogP contribution in [0.5, 0.6) is 0 Å². The number of nitrogens with one attached hydrogen (secondary N) is 2. The van der Waals surface area contributed by atoms with Crippen LogP contribution < -0.4 is 10.6 Å². The molecule has 0 unspecified atom stereocenters. The van der Waals surface area contributed by atoms with Crippen LogP contribution in [0.1, 0.15) is 22.3 Å². The number of halogens is 3. The van der Waals surface area contributed by atoms with Crippen molar-refractivity contribution in [3.63, 3.8) is 0 Å². The van der Waals surface area contributed by atoms with Crippen molar-refractivity contribution in [1.82, 2.24) is 10.6 Å². The molecule has 9 heteroatoms. The van der Waals surface area contributed by atoms with Crippen LogP contribution in [0.25, 0.3) is 0 Å². The highest BCUT2D eigenvalue weighted by Gasteiger charge is 2.30. The molecule has 0 fully saturated rings. The zero-order valence-electron chi connectivity index (χ0n) is 11.2. The van der Waals surface area contributed by atoms with Crippen molar-refractivity contribution in [1.29, 1.82) is 0 Å². The lowest BCUT2D eigenvalue weighted by Gasteiger charge is -2.08. The number of amides is 2. The fourth-order valence-corrected chi connectivity index (χ4v) is 1.44. The maximum Gasteiger partial charge on any atom is 0.416 e. The van der Waals surface area contributed by atoms with E-state index in [1.165, 1.54) is 0 Å². The Morgan fingerprint density at radius 2 is 1.64 bits per heavy atom. The van der Waals surface area contributed by atoms with E-state index < -0.39 is 36.1 Å². The third-order valence-corrected chi connectivity index (χ3v) is 2.54. The molecule has 0 bridgehead atoms. The molecule has 0 aliphatic heterocycles. The molecule has 2 amide bonds. The van der Waals surface area contributed by atoms with Crippen molar-refractivity contribution in [3.8, 4) is 0 Å². The number of hydrogen-bond donors (Lipinski definition) is 3. The summed E-state index contributed by atoms with van der Waals surface area (Å²) in [6.07, 6.45) is -4.74. The van der Waals surface area contributed by atoms with Crippen LogP contribution >= 0.6 is 0 Å². The lowest BCUT2D eigenvalue weighted by molar-refractivity contribution is -0.138. The molecule has 1 aromatic rings. The zero-order chi connectivity index (χ0) is 16.8. The molecule has 1 rings (SSSR count). The van der Waals surface area contributed by atoms with Crippen molar-refractivity contribution >= 4 is 17.8 Å². The highest BCUT2D eigenvalue weighted by molar-refractivity contribution is 5.96. The van der Waals surface area contributed by atoms with Crippen molar-refractivity contribution in [2.24, 2.45) is 0 Å². The molecule has 120 valence electrons. The molecule has 1 aromatic carbocycles. The summed E-state index contributed by atoms with van der Waals surface area (Å²) in [5, 5.41) is 12.9. The predicted octanol–water partition coefficient (Wildman–Crippen LogP) is 1.03. The second-order valence-corrected chi connectivity index (χ2v) is 4.25. The molecule has 0 aromatic heterocycles. The number of rotatable bonds is 6. The first-order valence-corrected chi connectivity index (χ1v) is 6.14. The van der Waals surface area contributed by atoms with Gasteiger partial charge in [0.1, 0.15) is 0 Å². The topological polar surface area (TPSA) is 95.5 Å². The van der Waals surface area contributed by atoms with Gasteiger partial charge in [-0.05, 0) is 24.3 Å². The van der Waals surface area contributed by atoms with Crippen LogP contribution in [0.15, 0.2) is 24.3 Å². The van der Waals surface area contributed by atoms with Gasteiger partial charge in [-0.25, -0.2) is 0 Å². The molecule has 3 N–H and O–H groups in total. The number of carboxylic acids is 1. The molecule has 0 atom stereocenters. The molecular formula is C13H13F3N2O4. The first-order chi connectivity index (χ1) is 10.2. The van der Waals surface area contributed by atoms with Crippen LogP contribution in [0.3, 0.4) is 0 Å². The molecule has 0 saturated carbocycles. The summed E-state index contributed by atoms with van der Waals surface area (Å²) in [7, 11) is 0. The lowest BCUT2D eigenvalue weighted by Crippen LogP contribution is -2.37. The minimum absolute atomic E-state index is 0.0219. The third-order valence-electron chi connectivity index (χ3n) is 2.54. The second-order valence-electron chi connectivity index (χ2n) is 4.25. The van der Waals surface area contributed by atoms with Crippen LogP contribution in [0.2, 0.25) is 0 Å². The van der Waals surface area contributed by atoms with Gasteiger partial charge in [-0.3, -0.25) is 14.4 Å². The van der Waals surface area contributed by atoms with Crippen LogP contribution in [0, 0.1) is 0 Å². The largest absolute Gasteiger partial charge is 0.481 e. The molecular weight excluding hydrogens is 305 g/mol. The SMILES string of the molecule is O=C(O)CCNC(=O)CNC(=O)c1ccc(C(F)(F)F)cc1. The van der Waals surface area contributed by atoms with E-state index in [9.17, 15) is 27.6 Å². The predicted molar refractivity (Wildman–Crippen MR) is 69.0 cm³/mol. The Labute approximate surface area is 123 Å². The summed E-state index contributed by atoms with van der Waals surface area (Å²) in [4.78, 5) is 33.1. The average Bonchev–Trinajstić information content (AvgIpc) is 2.43. The Morgan fingerprint density at radius 3 is 2.14 bits per heavy atom. The Balaban J connectivity index is 2.45. The number of alkyl halides is 3. The molecule has 22 heavy (non-hydrogen) atoms. The average molecular weight is 318 g/mol. The summed E-state index contributed by atoms with van der Waals surface area (Å²) in [6, 6.07) is 3.53. The molecule has 0 aliphatic rings. The molecule has 6 nitrogen and oxygen atoms in total. The minimum atomic E-state index is -4.49. The zero-order valence-corrected chi connectivity index (χ0v) is 11.2. The van der Waals surface area contributed by atoms with Crippen LogP contribution in [-0.4, -0.2) is 36.0 Å². The maximum absolute atomic E-state index is 12.4. The van der Waals surface area contributed by atoms with Gasteiger partial charge in [-0.2, -0.15) is 13.2 Å². The summed E-state index contributed by atoms with van der Waals surface area (Å²) < 4.78 is 37.1. The van der Waals surface area contributed by atoms with Gasteiger partial charge in [0.05, 0.1) is 18.5 Å². The highest BCUT2D eigenvalue weighted by atomic mass is 19.4. The van der Waals surface area contributed by atoms with Crippen molar-refractivity contribution in [2.45, 2.75) is 12.6 Å². The van der Waals surface area contributed by atoms with E-state index in [4.69, 9.17) is 5.11 Å². The van der Waals surface area contributed by atoms with E-state index in [-0.39, 0.29) is 18.5 Å². The van der Waals surface area contributed by atoms with Crippen molar-refractivity contribution in [2.75, 3.05) is 13.1 Å². The number of hydrogen-bond acceptors (Lipinski definition) is 3. The Bertz CT molecular complexity index is 555. The van der Waals surface area contributed by atoms with Crippen molar-refractivity contribution in [3.05, 3.63) is 35.4 Å². The summed E-state index contributed by atoms with van der Waals surface area (Å²) in [6.45, 7) is -0.482. The fraction of sp³-hybridized carbons (Fsp3) is 0.308. The normalized spacial score (nSPS) is 10.9. The van der Waals surface area contributed by atoms with Gasteiger partial charge < -0.3 is 15.7 Å². The van der Waals surface area contributed by atoms with Gasteiger partial charge in [0, 0.05) is 12.1 Å². The maximum atomic E-state index is 12.4. The van der Waals surface area contributed by atoms with Gasteiger partial charge in [-0.1, -0.05) is 0 Å². The van der Waals surface area contributed by atoms with E-state index in [0.29, 0.717) is 0 Å². The molecule has 0 spiro atoms. The van der Waals surface area contributed by atoms with E-state index >= 15 is 0 Å². The lowest BCUT2D eigenvalue weighted by atomic mass is 10.1. The van der Waals surface area contributed by atoms with E-state index in [1.54, 1.807) is 0 Å². The van der Waals surface area contributed by atoms with E-state index in [2.05, 4.69) is 10.6 Å². The molecule has 0 heterocycles. The number of carbonyl (C=O) groups excluding carboxylic acids is 2. The summed E-state index contributed by atoms with van der Waals surface area (Å²) >= 11 is 0. The van der Waals surface area contributed by atoms with E-state index in [1.807, 2.05) is 0 Å². The Hall–Kier alpha value is -2.58. The van der Waals surface area contributed by atoms with Crippen LogP contribution in [0.4, 0.5) is 13.2 Å². The summed E-state index contributed by atoms with van der Waals surface area (Å²) in [5.41, 5.74) is -0.901. The third kappa shape index (κ3) is 5.81. The fourth-order valence-electron chi connectivity index (χ4n) is 1.44. The van der Waals surface area contributed by atoms with E-state index in [0.717, 1.165) is 24.3 Å². The van der Waals surface area contributed by atoms with Gasteiger partial charge in [0.25, 0.3) is 5.91 Å². The van der Waals surface area contributed by atoms with Gasteiger partial charge in [0.2, 0.25) is 5.91 Å². The smallest absolute Gasteiger partial charge is 0.416 e. The van der Waals surface area contributed by atoms with Crippen LogP contribution in [-0.2, 0) is 15.8 Å². The quantitative estimate of drug-likeness (QED) is 0.730. The Morgan fingerprint density at radius 1 is 1.05 bits per heavy atom.